The summed E-state index contributed by atoms with van der Waals surface area (Å²) < 4.78 is 0. The minimum atomic E-state index is -0.201. The van der Waals surface area contributed by atoms with Gasteiger partial charge >= 0.3 is 0 Å². The van der Waals surface area contributed by atoms with E-state index in [4.69, 9.17) is 0 Å². The Balaban J connectivity index is 1.76. The highest BCUT2D eigenvalue weighted by Gasteiger charge is 2.16. The van der Waals surface area contributed by atoms with Gasteiger partial charge in [-0.3, -0.25) is 9.59 Å². The zero-order chi connectivity index (χ0) is 19.7. The highest BCUT2D eigenvalue weighted by molar-refractivity contribution is 6.16. The largest absolute Gasteiger partial charge is 0.508 e. The van der Waals surface area contributed by atoms with Gasteiger partial charge in [0.25, 0.3) is 0 Å². The molecule has 0 radical (unpaired) electrons. The standard InChI is InChI=1S/C22H17N3O3/c1-13(26)25-17-6-2-4-14(8-17)16-10-19-20(12-24-22(19)23-11-16)21(28)15-5-3-7-18(27)9-15/h2-12,27H,1H3,(H,23,24)(H,25,26). The number of nitrogens with one attached hydrogen (secondary N) is 2. The fourth-order valence-electron chi connectivity index (χ4n) is 3.13. The molecule has 2 heterocycles. The second-order valence-electron chi connectivity index (χ2n) is 6.46. The number of rotatable bonds is 4. The number of aromatic nitrogens is 2. The van der Waals surface area contributed by atoms with E-state index in [0.29, 0.717) is 27.8 Å². The first-order valence-electron chi connectivity index (χ1n) is 8.70. The maximum absolute atomic E-state index is 12.9. The van der Waals surface area contributed by atoms with Crippen molar-refractivity contribution in [3.63, 3.8) is 0 Å². The molecule has 0 bridgehead atoms. The van der Waals surface area contributed by atoms with Crippen molar-refractivity contribution in [1.82, 2.24) is 9.97 Å². The molecule has 4 aromatic rings. The van der Waals surface area contributed by atoms with E-state index in [1.165, 1.54) is 19.1 Å². The first kappa shape index (κ1) is 17.5. The Bertz CT molecular complexity index is 1210. The van der Waals surface area contributed by atoms with Crippen molar-refractivity contribution in [2.24, 2.45) is 0 Å². The first-order valence-corrected chi connectivity index (χ1v) is 8.70. The van der Waals surface area contributed by atoms with E-state index < -0.39 is 0 Å². The van der Waals surface area contributed by atoms with Crippen LogP contribution in [0.2, 0.25) is 0 Å². The van der Waals surface area contributed by atoms with E-state index in [-0.39, 0.29) is 17.4 Å². The number of ketones is 1. The summed E-state index contributed by atoms with van der Waals surface area (Å²) in [6, 6.07) is 15.6. The lowest BCUT2D eigenvalue weighted by Crippen LogP contribution is -2.05. The van der Waals surface area contributed by atoms with Crippen LogP contribution in [0.15, 0.2) is 67.0 Å². The van der Waals surface area contributed by atoms with Crippen LogP contribution in [0.5, 0.6) is 5.75 Å². The van der Waals surface area contributed by atoms with E-state index in [2.05, 4.69) is 15.3 Å². The number of benzene rings is 2. The molecule has 1 amide bonds. The molecule has 2 aromatic carbocycles. The molecule has 4 rings (SSSR count). The van der Waals surface area contributed by atoms with Gasteiger partial charge in [-0.25, -0.2) is 4.98 Å². The summed E-state index contributed by atoms with van der Waals surface area (Å²) >= 11 is 0. The maximum atomic E-state index is 12.9. The number of carbonyl (C=O) groups excluding carboxylic acids is 2. The number of pyridine rings is 1. The van der Waals surface area contributed by atoms with E-state index in [0.717, 1.165) is 11.1 Å². The maximum Gasteiger partial charge on any atom is 0.221 e. The van der Waals surface area contributed by atoms with Gasteiger partial charge in [0, 0.05) is 47.1 Å². The van der Waals surface area contributed by atoms with Gasteiger partial charge in [0.05, 0.1) is 0 Å². The molecule has 0 aliphatic rings. The lowest BCUT2D eigenvalue weighted by molar-refractivity contribution is -0.114. The molecule has 0 aliphatic carbocycles. The summed E-state index contributed by atoms with van der Waals surface area (Å²) in [7, 11) is 0. The van der Waals surface area contributed by atoms with Crippen molar-refractivity contribution >= 4 is 28.4 Å². The third kappa shape index (κ3) is 3.35. The SMILES string of the molecule is CC(=O)Nc1cccc(-c2cnc3[nH]cc(C(=O)c4cccc(O)c4)c3c2)c1. The molecule has 6 nitrogen and oxygen atoms in total. The predicted molar refractivity (Wildman–Crippen MR) is 107 cm³/mol. The average molecular weight is 371 g/mol. The van der Waals surface area contributed by atoms with E-state index in [9.17, 15) is 14.7 Å². The topological polar surface area (TPSA) is 95.1 Å². The Hall–Kier alpha value is -3.93. The molecule has 3 N–H and O–H groups in total. The fraction of sp³-hybridized carbons (Fsp3) is 0.0455. The quantitative estimate of drug-likeness (QED) is 0.470. The summed E-state index contributed by atoms with van der Waals surface area (Å²) in [6.07, 6.45) is 3.34. The van der Waals surface area contributed by atoms with Gasteiger partial charge in [0.1, 0.15) is 11.4 Å². The number of aromatic amines is 1. The number of H-pyrrole nitrogens is 1. The molecule has 6 heteroatoms. The number of amides is 1. The third-order valence-corrected chi connectivity index (χ3v) is 4.40. The molecule has 2 aromatic heterocycles. The number of hydrogen-bond acceptors (Lipinski definition) is 4. The second-order valence-corrected chi connectivity index (χ2v) is 6.46. The van der Waals surface area contributed by atoms with Crippen LogP contribution in [0, 0.1) is 0 Å². The zero-order valence-corrected chi connectivity index (χ0v) is 15.1. The molecule has 0 atom stereocenters. The average Bonchev–Trinajstić information content (AvgIpc) is 3.10. The summed E-state index contributed by atoms with van der Waals surface area (Å²) in [5, 5.41) is 13.1. The van der Waals surface area contributed by atoms with Gasteiger partial charge < -0.3 is 15.4 Å². The highest BCUT2D eigenvalue weighted by atomic mass is 16.3. The number of anilines is 1. The van der Waals surface area contributed by atoms with Crippen LogP contribution in [0.1, 0.15) is 22.8 Å². The summed E-state index contributed by atoms with van der Waals surface area (Å²) in [5.41, 5.74) is 3.87. The lowest BCUT2D eigenvalue weighted by Gasteiger charge is -2.07. The Morgan fingerprint density at radius 3 is 2.64 bits per heavy atom. The first-order chi connectivity index (χ1) is 13.5. The predicted octanol–water partition coefficient (Wildman–Crippen LogP) is 4.12. The van der Waals surface area contributed by atoms with Crippen LogP contribution in [0.25, 0.3) is 22.2 Å². The summed E-state index contributed by atoms with van der Waals surface area (Å²) in [6.45, 7) is 1.46. The van der Waals surface area contributed by atoms with Crippen LogP contribution >= 0.6 is 0 Å². The Labute approximate surface area is 160 Å². The smallest absolute Gasteiger partial charge is 0.221 e. The number of phenolic OH excluding ortho intramolecular Hbond substituents is 1. The molecule has 28 heavy (non-hydrogen) atoms. The third-order valence-electron chi connectivity index (χ3n) is 4.40. The summed E-state index contributed by atoms with van der Waals surface area (Å²) in [4.78, 5) is 31.6. The van der Waals surface area contributed by atoms with Gasteiger partial charge in [-0.1, -0.05) is 24.3 Å². The second kappa shape index (κ2) is 7.00. The Morgan fingerprint density at radius 2 is 1.86 bits per heavy atom. The summed E-state index contributed by atoms with van der Waals surface area (Å²) in [5.74, 6) is -0.303. The number of phenols is 1. The van der Waals surface area contributed by atoms with E-state index in [1.54, 1.807) is 24.5 Å². The molecule has 0 saturated heterocycles. The minimum absolute atomic E-state index is 0.0410. The number of aromatic hydroxyl groups is 1. The highest BCUT2D eigenvalue weighted by Crippen LogP contribution is 2.28. The monoisotopic (exact) mass is 371 g/mol. The molecular formula is C22H17N3O3. The normalized spacial score (nSPS) is 10.8. The number of nitrogens with zero attached hydrogens (tertiary/aromatic N) is 1. The van der Waals surface area contributed by atoms with Crippen molar-refractivity contribution in [2.45, 2.75) is 6.92 Å². The van der Waals surface area contributed by atoms with Crippen LogP contribution in [0.4, 0.5) is 5.69 Å². The van der Waals surface area contributed by atoms with Crippen molar-refractivity contribution in [1.29, 1.82) is 0 Å². The van der Waals surface area contributed by atoms with E-state index >= 15 is 0 Å². The van der Waals surface area contributed by atoms with Crippen molar-refractivity contribution in [3.8, 4) is 16.9 Å². The lowest BCUT2D eigenvalue weighted by atomic mass is 10.0. The molecular weight excluding hydrogens is 354 g/mol. The Kier molecular flexibility index (Phi) is 4.37. The molecule has 0 fully saturated rings. The fourth-order valence-corrected chi connectivity index (χ4v) is 3.13. The van der Waals surface area contributed by atoms with Crippen molar-refractivity contribution < 1.29 is 14.7 Å². The molecule has 0 aliphatic heterocycles. The Morgan fingerprint density at radius 1 is 1.04 bits per heavy atom. The van der Waals surface area contributed by atoms with Crippen molar-refractivity contribution in [3.05, 3.63) is 78.1 Å². The minimum Gasteiger partial charge on any atom is -0.508 e. The van der Waals surface area contributed by atoms with Crippen LogP contribution in [-0.4, -0.2) is 26.8 Å². The number of carbonyl (C=O) groups is 2. The molecule has 0 unspecified atom stereocenters. The molecule has 0 spiro atoms. The van der Waals surface area contributed by atoms with Gasteiger partial charge in [-0.2, -0.15) is 0 Å². The van der Waals surface area contributed by atoms with E-state index in [1.807, 2.05) is 30.3 Å². The van der Waals surface area contributed by atoms with Crippen LogP contribution in [-0.2, 0) is 4.79 Å². The van der Waals surface area contributed by atoms with Crippen LogP contribution in [0.3, 0.4) is 0 Å². The van der Waals surface area contributed by atoms with Gasteiger partial charge in [0.15, 0.2) is 5.78 Å². The number of hydrogen-bond donors (Lipinski definition) is 3. The van der Waals surface area contributed by atoms with Gasteiger partial charge in [-0.15, -0.1) is 0 Å². The van der Waals surface area contributed by atoms with Crippen molar-refractivity contribution in [2.75, 3.05) is 5.32 Å². The number of fused-ring (bicyclic) bond motifs is 1. The molecule has 138 valence electrons. The van der Waals surface area contributed by atoms with Gasteiger partial charge in [-0.05, 0) is 35.9 Å². The van der Waals surface area contributed by atoms with Crippen LogP contribution < -0.4 is 5.32 Å². The van der Waals surface area contributed by atoms with Gasteiger partial charge in [0.2, 0.25) is 5.91 Å². The zero-order valence-electron chi connectivity index (χ0n) is 15.1. The molecule has 0 saturated carbocycles.